The van der Waals surface area contributed by atoms with Gasteiger partial charge in [0.2, 0.25) is 0 Å². The third kappa shape index (κ3) is 3.80. The smallest absolute Gasteiger partial charge is 0.277 e. The van der Waals surface area contributed by atoms with Crippen molar-refractivity contribution in [3.05, 3.63) is 29.8 Å². The van der Waals surface area contributed by atoms with Gasteiger partial charge in [-0.2, -0.15) is 13.1 Å². The molecule has 90 valence electrons. The Balaban J connectivity index is 2.72. The number of nitrogen functional groups attached to an aromatic ring is 1. The van der Waals surface area contributed by atoms with E-state index in [2.05, 4.69) is 9.44 Å². The van der Waals surface area contributed by atoms with Gasteiger partial charge in [-0.05, 0) is 24.6 Å². The van der Waals surface area contributed by atoms with Gasteiger partial charge in [-0.3, -0.25) is 0 Å². The lowest BCUT2D eigenvalue weighted by molar-refractivity contribution is 0.554. The van der Waals surface area contributed by atoms with Crippen LogP contribution in [0.25, 0.3) is 0 Å². The van der Waals surface area contributed by atoms with Crippen LogP contribution in [-0.4, -0.2) is 15.0 Å². The van der Waals surface area contributed by atoms with Crippen molar-refractivity contribution in [1.29, 1.82) is 0 Å². The summed E-state index contributed by atoms with van der Waals surface area (Å²) >= 11 is 0. The van der Waals surface area contributed by atoms with Crippen molar-refractivity contribution in [3.63, 3.8) is 0 Å². The minimum atomic E-state index is -3.42. The molecule has 0 aliphatic rings. The van der Waals surface area contributed by atoms with E-state index in [1.807, 2.05) is 0 Å². The lowest BCUT2D eigenvalue weighted by Gasteiger charge is -2.14. The van der Waals surface area contributed by atoms with E-state index in [4.69, 9.17) is 5.73 Å². The molecule has 0 spiro atoms. The molecule has 16 heavy (non-hydrogen) atoms. The number of nitrogens with one attached hydrogen (secondary N) is 2. The van der Waals surface area contributed by atoms with E-state index >= 15 is 0 Å². The molecule has 0 saturated carbocycles. The average molecular weight is 243 g/mol. The van der Waals surface area contributed by atoms with Crippen molar-refractivity contribution in [2.45, 2.75) is 19.9 Å². The first kappa shape index (κ1) is 13.0. The first-order chi connectivity index (χ1) is 7.44. The molecule has 0 bridgehead atoms. The Bertz CT molecular complexity index is 428. The Hall–Kier alpha value is -1.11. The predicted molar refractivity (Wildman–Crippen MR) is 65.0 cm³/mol. The minimum absolute atomic E-state index is 0.287. The van der Waals surface area contributed by atoms with Crippen LogP contribution >= 0.6 is 0 Å². The molecule has 0 aliphatic heterocycles. The number of anilines is 1. The molecule has 4 N–H and O–H groups in total. The van der Waals surface area contributed by atoms with Crippen LogP contribution in [-0.2, 0) is 10.2 Å². The second-order valence-electron chi connectivity index (χ2n) is 3.51. The molecule has 0 saturated heterocycles. The first-order valence-electron chi connectivity index (χ1n) is 5.07. The molecule has 1 atom stereocenters. The molecule has 0 radical (unpaired) electrons. The average Bonchev–Trinajstić information content (AvgIpc) is 2.17. The van der Waals surface area contributed by atoms with Gasteiger partial charge >= 0.3 is 0 Å². The van der Waals surface area contributed by atoms with Crippen LogP contribution in [0.15, 0.2) is 24.3 Å². The van der Waals surface area contributed by atoms with Crippen molar-refractivity contribution in [2.24, 2.45) is 0 Å². The SMILES string of the molecule is CCNS(=O)(=O)NC(C)c1ccc(N)cc1. The zero-order chi connectivity index (χ0) is 12.2. The molecule has 0 aliphatic carbocycles. The highest BCUT2D eigenvalue weighted by molar-refractivity contribution is 7.87. The van der Waals surface area contributed by atoms with Crippen molar-refractivity contribution >= 4 is 15.9 Å². The first-order valence-corrected chi connectivity index (χ1v) is 6.55. The van der Waals surface area contributed by atoms with Crippen LogP contribution in [0.4, 0.5) is 5.69 Å². The molecule has 1 unspecified atom stereocenters. The number of nitrogens with two attached hydrogens (primary N) is 1. The highest BCUT2D eigenvalue weighted by atomic mass is 32.2. The summed E-state index contributed by atoms with van der Waals surface area (Å²) in [5, 5.41) is 0. The van der Waals surface area contributed by atoms with Gasteiger partial charge in [-0.15, -0.1) is 0 Å². The van der Waals surface area contributed by atoms with Crippen molar-refractivity contribution in [1.82, 2.24) is 9.44 Å². The molecule has 1 aromatic carbocycles. The van der Waals surface area contributed by atoms with Crippen molar-refractivity contribution in [3.8, 4) is 0 Å². The van der Waals surface area contributed by atoms with Gasteiger partial charge in [0.1, 0.15) is 0 Å². The number of rotatable bonds is 5. The quantitative estimate of drug-likeness (QED) is 0.668. The summed E-state index contributed by atoms with van der Waals surface area (Å²) in [4.78, 5) is 0. The van der Waals surface area contributed by atoms with E-state index in [1.165, 1.54) is 0 Å². The Morgan fingerprint density at radius 3 is 2.38 bits per heavy atom. The Morgan fingerprint density at radius 2 is 1.88 bits per heavy atom. The van der Waals surface area contributed by atoms with Gasteiger partial charge in [0.05, 0.1) is 0 Å². The summed E-state index contributed by atoms with van der Waals surface area (Å²) in [6.07, 6.45) is 0. The molecule has 1 rings (SSSR count). The van der Waals surface area contributed by atoms with Crippen LogP contribution in [0.5, 0.6) is 0 Å². The molecular weight excluding hydrogens is 226 g/mol. The van der Waals surface area contributed by atoms with Gasteiger partial charge in [0.25, 0.3) is 10.2 Å². The van der Waals surface area contributed by atoms with E-state index in [1.54, 1.807) is 38.1 Å². The number of hydrogen-bond acceptors (Lipinski definition) is 3. The van der Waals surface area contributed by atoms with Crippen molar-refractivity contribution in [2.75, 3.05) is 12.3 Å². The summed E-state index contributed by atoms with van der Waals surface area (Å²) < 4.78 is 27.8. The molecule has 0 heterocycles. The largest absolute Gasteiger partial charge is 0.399 e. The summed E-state index contributed by atoms with van der Waals surface area (Å²) in [5.74, 6) is 0. The number of benzene rings is 1. The van der Waals surface area contributed by atoms with Gasteiger partial charge in [0, 0.05) is 18.3 Å². The van der Waals surface area contributed by atoms with Crippen LogP contribution in [0.1, 0.15) is 25.5 Å². The third-order valence-corrected chi connectivity index (χ3v) is 3.44. The lowest BCUT2D eigenvalue weighted by atomic mass is 10.1. The third-order valence-electron chi connectivity index (χ3n) is 2.10. The normalized spacial score (nSPS) is 13.6. The Kier molecular flexibility index (Phi) is 4.28. The summed E-state index contributed by atoms with van der Waals surface area (Å²) in [6.45, 7) is 3.87. The molecule has 1 aromatic rings. The van der Waals surface area contributed by atoms with Gasteiger partial charge in [-0.1, -0.05) is 19.1 Å². The van der Waals surface area contributed by atoms with E-state index in [9.17, 15) is 8.42 Å². The summed E-state index contributed by atoms with van der Waals surface area (Å²) in [7, 11) is -3.42. The monoisotopic (exact) mass is 243 g/mol. The standard InChI is InChI=1S/C10H17N3O2S/c1-3-12-16(14,15)13-8(2)9-4-6-10(11)7-5-9/h4-8,12-13H,3,11H2,1-2H3. The van der Waals surface area contributed by atoms with E-state index < -0.39 is 10.2 Å². The second kappa shape index (κ2) is 5.29. The molecule has 0 amide bonds. The van der Waals surface area contributed by atoms with E-state index in [-0.39, 0.29) is 6.04 Å². The zero-order valence-electron chi connectivity index (χ0n) is 9.40. The molecule has 0 aromatic heterocycles. The van der Waals surface area contributed by atoms with Crippen LogP contribution in [0.2, 0.25) is 0 Å². The second-order valence-corrected chi connectivity index (χ2v) is 5.04. The van der Waals surface area contributed by atoms with Gasteiger partial charge in [-0.25, -0.2) is 4.72 Å². The molecule has 6 heteroatoms. The maximum atomic E-state index is 11.4. The summed E-state index contributed by atoms with van der Waals surface area (Å²) in [5.41, 5.74) is 7.08. The number of hydrogen-bond donors (Lipinski definition) is 3. The molecular formula is C10H17N3O2S. The minimum Gasteiger partial charge on any atom is -0.399 e. The van der Waals surface area contributed by atoms with Crippen LogP contribution in [0.3, 0.4) is 0 Å². The van der Waals surface area contributed by atoms with Gasteiger partial charge in [0.15, 0.2) is 0 Å². The summed E-state index contributed by atoms with van der Waals surface area (Å²) in [6, 6.07) is 6.80. The fourth-order valence-corrected chi connectivity index (χ4v) is 2.38. The fraction of sp³-hybridized carbons (Fsp3) is 0.400. The maximum absolute atomic E-state index is 11.4. The Labute approximate surface area is 96.2 Å². The highest BCUT2D eigenvalue weighted by Crippen LogP contribution is 2.14. The Morgan fingerprint density at radius 1 is 1.31 bits per heavy atom. The molecule has 0 fully saturated rings. The lowest BCUT2D eigenvalue weighted by Crippen LogP contribution is -2.37. The maximum Gasteiger partial charge on any atom is 0.277 e. The fourth-order valence-electron chi connectivity index (χ4n) is 1.32. The van der Waals surface area contributed by atoms with Gasteiger partial charge < -0.3 is 5.73 Å². The highest BCUT2D eigenvalue weighted by Gasteiger charge is 2.13. The molecule has 5 nitrogen and oxygen atoms in total. The topological polar surface area (TPSA) is 84.2 Å². The van der Waals surface area contributed by atoms with Crippen LogP contribution < -0.4 is 15.2 Å². The van der Waals surface area contributed by atoms with Crippen LogP contribution in [0, 0.1) is 0 Å². The zero-order valence-corrected chi connectivity index (χ0v) is 10.2. The van der Waals surface area contributed by atoms with E-state index in [0.29, 0.717) is 12.2 Å². The van der Waals surface area contributed by atoms with Crippen molar-refractivity contribution < 1.29 is 8.42 Å². The predicted octanol–water partition coefficient (Wildman–Crippen LogP) is 0.774. The van der Waals surface area contributed by atoms with E-state index in [0.717, 1.165) is 5.56 Å².